The van der Waals surface area contributed by atoms with Gasteiger partial charge in [0.1, 0.15) is 4.99 Å². The molecule has 2 heterocycles. The summed E-state index contributed by atoms with van der Waals surface area (Å²) >= 11 is 5.94. The Morgan fingerprint density at radius 1 is 1.12 bits per heavy atom. The van der Waals surface area contributed by atoms with Gasteiger partial charge in [-0.1, -0.05) is 36.5 Å². The number of thiocarbonyl (C=S) groups is 1. The van der Waals surface area contributed by atoms with Crippen LogP contribution in [0.3, 0.4) is 0 Å². The van der Waals surface area contributed by atoms with E-state index in [0.717, 1.165) is 46.4 Å². The lowest BCUT2D eigenvalue weighted by Crippen LogP contribution is -2.33. The summed E-state index contributed by atoms with van der Waals surface area (Å²) in [7, 11) is 4.78. The minimum absolute atomic E-state index is 0.0503. The molecule has 0 amide bonds. The standard InChI is InChI=1S/C25H22N2O4S/c1-29-19-9-13-8-17(26-21(13)23(31-3)22(19)30-2)24(32)27-12-14-11-25(14)16-7-5-4-6-15(16)18(28)10-20(25)27/h4-10,14,26H,11-12H2,1-3H3/t14-,25-/m0/s1. The van der Waals surface area contributed by atoms with Crippen molar-refractivity contribution in [3.63, 3.8) is 0 Å². The number of hydrogen-bond donors (Lipinski definition) is 1. The number of ether oxygens (including phenoxy) is 3. The van der Waals surface area contributed by atoms with E-state index in [9.17, 15) is 4.79 Å². The van der Waals surface area contributed by atoms with Gasteiger partial charge in [-0.2, -0.15) is 0 Å². The Morgan fingerprint density at radius 2 is 1.91 bits per heavy atom. The maximum absolute atomic E-state index is 12.9. The van der Waals surface area contributed by atoms with Gasteiger partial charge in [0, 0.05) is 34.7 Å². The van der Waals surface area contributed by atoms with Crippen molar-refractivity contribution >= 4 is 33.9 Å². The highest BCUT2D eigenvalue weighted by Crippen LogP contribution is 2.66. The number of methoxy groups -OCH3 is 3. The average molecular weight is 447 g/mol. The SMILES string of the molecule is COc1cc2cc(C(=S)N3C[C@@H]4C[C@]45C3=CC(=O)c3ccccc35)[nH]c2c(OC)c1OC. The van der Waals surface area contributed by atoms with E-state index >= 15 is 0 Å². The van der Waals surface area contributed by atoms with E-state index in [-0.39, 0.29) is 11.2 Å². The van der Waals surface area contributed by atoms with Crippen molar-refractivity contribution in [2.24, 2.45) is 5.92 Å². The molecule has 1 saturated carbocycles. The molecule has 2 fully saturated rings. The number of allylic oxidation sites excluding steroid dienone is 2. The van der Waals surface area contributed by atoms with Gasteiger partial charge in [0.05, 0.1) is 32.5 Å². The summed E-state index contributed by atoms with van der Waals surface area (Å²) < 4.78 is 16.6. The van der Waals surface area contributed by atoms with Crippen molar-refractivity contribution in [2.75, 3.05) is 27.9 Å². The van der Waals surface area contributed by atoms with Gasteiger partial charge in [-0.15, -0.1) is 0 Å². The van der Waals surface area contributed by atoms with Crippen molar-refractivity contribution in [2.45, 2.75) is 11.8 Å². The highest BCUT2D eigenvalue weighted by molar-refractivity contribution is 7.80. The van der Waals surface area contributed by atoms with Gasteiger partial charge in [-0.05, 0) is 30.0 Å². The van der Waals surface area contributed by atoms with Crippen molar-refractivity contribution in [1.82, 2.24) is 9.88 Å². The number of nitrogens with zero attached hydrogens (tertiary/aromatic N) is 1. The summed E-state index contributed by atoms with van der Waals surface area (Å²) in [5.41, 5.74) is 4.50. The quantitative estimate of drug-likeness (QED) is 0.606. The fourth-order valence-electron chi connectivity index (χ4n) is 5.58. The topological polar surface area (TPSA) is 63.8 Å². The Hall–Kier alpha value is -3.32. The van der Waals surface area contributed by atoms with Gasteiger partial charge in [0.25, 0.3) is 0 Å². The smallest absolute Gasteiger partial charge is 0.205 e. The second-order valence-electron chi connectivity index (χ2n) is 8.52. The molecule has 1 spiro atoms. The molecule has 0 bridgehead atoms. The number of benzene rings is 2. The number of likely N-dealkylation sites (tertiary alicyclic amines) is 1. The number of hydrogen-bond acceptors (Lipinski definition) is 5. The fourth-order valence-corrected chi connectivity index (χ4v) is 5.87. The number of piperidine rings is 1. The highest BCUT2D eigenvalue weighted by Gasteiger charge is 2.66. The normalized spacial score (nSPS) is 22.7. The van der Waals surface area contributed by atoms with E-state index in [1.54, 1.807) is 27.4 Å². The lowest BCUT2D eigenvalue weighted by molar-refractivity contribution is 0.104. The predicted molar refractivity (Wildman–Crippen MR) is 125 cm³/mol. The lowest BCUT2D eigenvalue weighted by atomic mass is 9.81. The van der Waals surface area contributed by atoms with Crippen LogP contribution >= 0.6 is 12.2 Å². The van der Waals surface area contributed by atoms with E-state index in [2.05, 4.69) is 16.0 Å². The first-order valence-electron chi connectivity index (χ1n) is 10.5. The molecule has 162 valence electrons. The second kappa shape index (κ2) is 6.59. The number of H-pyrrole nitrogens is 1. The van der Waals surface area contributed by atoms with Crippen molar-refractivity contribution < 1.29 is 19.0 Å². The predicted octanol–water partition coefficient (Wildman–Crippen LogP) is 4.22. The van der Waals surface area contributed by atoms with Crippen LogP contribution in [-0.4, -0.2) is 48.5 Å². The van der Waals surface area contributed by atoms with Crippen LogP contribution in [0, 0.1) is 5.92 Å². The lowest BCUT2D eigenvalue weighted by Gasteiger charge is -2.30. The molecule has 1 N–H and O–H groups in total. The third-order valence-corrected chi connectivity index (χ3v) is 7.53. The Morgan fingerprint density at radius 3 is 2.66 bits per heavy atom. The summed E-state index contributed by atoms with van der Waals surface area (Å²) in [6, 6.07) is 11.9. The van der Waals surface area contributed by atoms with Gasteiger partial charge in [0.2, 0.25) is 5.75 Å². The summed E-state index contributed by atoms with van der Waals surface area (Å²) in [4.78, 5) is 19.1. The first-order chi connectivity index (χ1) is 15.5. The molecule has 2 aromatic carbocycles. The number of fused-ring (bicyclic) bond motifs is 2. The van der Waals surface area contributed by atoms with E-state index in [4.69, 9.17) is 26.4 Å². The highest BCUT2D eigenvalue weighted by atomic mass is 32.1. The van der Waals surface area contributed by atoms with Gasteiger partial charge in [-0.3, -0.25) is 4.79 Å². The zero-order valence-corrected chi connectivity index (χ0v) is 18.8. The molecule has 1 aromatic heterocycles. The van der Waals surface area contributed by atoms with E-state index in [1.165, 1.54) is 0 Å². The number of rotatable bonds is 4. The fraction of sp³-hybridized carbons (Fsp3) is 0.280. The molecule has 2 atom stereocenters. The van der Waals surface area contributed by atoms with Gasteiger partial charge in [-0.25, -0.2) is 0 Å². The number of aromatic amines is 1. The van der Waals surface area contributed by atoms with Crippen molar-refractivity contribution in [3.05, 3.63) is 65.0 Å². The molecule has 2 aliphatic carbocycles. The Kier molecular flexibility index (Phi) is 3.99. The average Bonchev–Trinajstić information content (AvgIpc) is 3.20. The Balaban J connectivity index is 1.43. The third kappa shape index (κ3) is 2.34. The molecule has 1 aliphatic heterocycles. The largest absolute Gasteiger partial charge is 0.493 e. The zero-order chi connectivity index (χ0) is 22.2. The van der Waals surface area contributed by atoms with Crippen molar-refractivity contribution in [3.8, 4) is 17.2 Å². The van der Waals surface area contributed by atoms with E-state index < -0.39 is 0 Å². The molecule has 7 heteroatoms. The van der Waals surface area contributed by atoms with Crippen LogP contribution in [0.15, 0.2) is 48.2 Å². The van der Waals surface area contributed by atoms with Gasteiger partial charge in [0.15, 0.2) is 17.3 Å². The third-order valence-electron chi connectivity index (χ3n) is 7.09. The minimum atomic E-state index is -0.0787. The molecule has 6 nitrogen and oxygen atoms in total. The first kappa shape index (κ1) is 19.4. The molecule has 3 aliphatic rings. The number of nitrogens with one attached hydrogen (secondary N) is 1. The number of carbonyl (C=O) groups is 1. The molecule has 0 radical (unpaired) electrons. The van der Waals surface area contributed by atoms with Crippen LogP contribution in [0.25, 0.3) is 10.9 Å². The summed E-state index contributed by atoms with van der Waals surface area (Å²) in [5.74, 6) is 2.21. The van der Waals surface area contributed by atoms with Crippen LogP contribution in [0.4, 0.5) is 0 Å². The summed E-state index contributed by atoms with van der Waals surface area (Å²) in [6.45, 7) is 0.811. The van der Waals surface area contributed by atoms with Crippen LogP contribution in [-0.2, 0) is 5.41 Å². The Labute approximate surface area is 190 Å². The number of ketones is 1. The molecule has 1 saturated heterocycles. The summed E-state index contributed by atoms with van der Waals surface area (Å²) in [6.07, 6.45) is 2.86. The monoisotopic (exact) mass is 446 g/mol. The molecule has 0 unspecified atom stereocenters. The first-order valence-corrected chi connectivity index (χ1v) is 10.9. The molecular formula is C25H22N2O4S. The van der Waals surface area contributed by atoms with Crippen LogP contribution in [0.5, 0.6) is 17.2 Å². The van der Waals surface area contributed by atoms with Crippen LogP contribution < -0.4 is 14.2 Å². The van der Waals surface area contributed by atoms with Crippen LogP contribution in [0.2, 0.25) is 0 Å². The number of aromatic nitrogens is 1. The maximum Gasteiger partial charge on any atom is 0.205 e. The van der Waals surface area contributed by atoms with Crippen molar-refractivity contribution in [1.29, 1.82) is 0 Å². The second-order valence-corrected chi connectivity index (χ2v) is 8.91. The number of carbonyl (C=O) groups excluding carboxylic acids is 1. The van der Waals surface area contributed by atoms with Gasteiger partial charge < -0.3 is 24.1 Å². The molecule has 6 rings (SSSR count). The van der Waals surface area contributed by atoms with Crippen LogP contribution in [0.1, 0.15) is 28.0 Å². The maximum atomic E-state index is 12.9. The van der Waals surface area contributed by atoms with E-state index in [0.29, 0.717) is 28.2 Å². The van der Waals surface area contributed by atoms with Gasteiger partial charge >= 0.3 is 0 Å². The summed E-state index contributed by atoms with van der Waals surface area (Å²) in [5, 5.41) is 0.912. The van der Waals surface area contributed by atoms with E-state index in [1.807, 2.05) is 30.3 Å². The molecular weight excluding hydrogens is 424 g/mol. The Bertz CT molecular complexity index is 1360. The zero-order valence-electron chi connectivity index (χ0n) is 18.0. The molecule has 3 aromatic rings. The minimum Gasteiger partial charge on any atom is -0.493 e. The molecule has 32 heavy (non-hydrogen) atoms.